The highest BCUT2D eigenvalue weighted by molar-refractivity contribution is 5.95. The molecule has 150 valence electrons. The number of rotatable bonds is 6. The van der Waals surface area contributed by atoms with Gasteiger partial charge in [0.1, 0.15) is 17.4 Å². The van der Waals surface area contributed by atoms with Crippen LogP contribution in [0, 0.1) is 11.6 Å². The number of halogens is 2. The SMILES string of the molecule is CC1Cc2ccccc2N1Cc1occc1C(=O)NCCc1cc(F)cc(F)c1. The third-order valence-electron chi connectivity index (χ3n) is 5.27. The fourth-order valence-electron chi connectivity index (χ4n) is 3.86. The van der Waals surface area contributed by atoms with Crippen LogP contribution in [0.2, 0.25) is 0 Å². The Labute approximate surface area is 168 Å². The maximum absolute atomic E-state index is 13.3. The number of anilines is 1. The summed E-state index contributed by atoms with van der Waals surface area (Å²) < 4.78 is 32.2. The van der Waals surface area contributed by atoms with Crippen LogP contribution in [0.25, 0.3) is 0 Å². The van der Waals surface area contributed by atoms with Gasteiger partial charge in [0.05, 0.1) is 18.4 Å². The molecule has 29 heavy (non-hydrogen) atoms. The van der Waals surface area contributed by atoms with Crippen LogP contribution in [0.3, 0.4) is 0 Å². The van der Waals surface area contributed by atoms with Crippen LogP contribution in [0.15, 0.2) is 59.2 Å². The van der Waals surface area contributed by atoms with Gasteiger partial charge in [0, 0.05) is 24.3 Å². The molecule has 1 aliphatic heterocycles. The first-order valence-electron chi connectivity index (χ1n) is 9.65. The summed E-state index contributed by atoms with van der Waals surface area (Å²) >= 11 is 0. The van der Waals surface area contributed by atoms with Gasteiger partial charge < -0.3 is 14.6 Å². The molecular weight excluding hydrogens is 374 g/mol. The van der Waals surface area contributed by atoms with E-state index in [4.69, 9.17) is 4.42 Å². The molecule has 1 amide bonds. The number of fused-ring (bicyclic) bond motifs is 1. The molecule has 0 saturated heterocycles. The van der Waals surface area contributed by atoms with Crippen molar-refractivity contribution in [1.29, 1.82) is 0 Å². The van der Waals surface area contributed by atoms with E-state index in [1.165, 1.54) is 24.0 Å². The average Bonchev–Trinajstić information content (AvgIpc) is 3.26. The fourth-order valence-corrected chi connectivity index (χ4v) is 3.86. The summed E-state index contributed by atoms with van der Waals surface area (Å²) in [5, 5.41) is 2.81. The largest absolute Gasteiger partial charge is 0.467 e. The summed E-state index contributed by atoms with van der Waals surface area (Å²) in [6, 6.07) is 13.6. The Morgan fingerprint density at radius 1 is 1.17 bits per heavy atom. The van der Waals surface area contributed by atoms with Crippen molar-refractivity contribution in [2.45, 2.75) is 32.4 Å². The number of carbonyl (C=O) groups excluding carboxylic acids is 1. The van der Waals surface area contributed by atoms with Crippen LogP contribution in [0.5, 0.6) is 0 Å². The van der Waals surface area contributed by atoms with Crippen molar-refractivity contribution in [1.82, 2.24) is 5.32 Å². The van der Waals surface area contributed by atoms with Crippen molar-refractivity contribution >= 4 is 11.6 Å². The Balaban J connectivity index is 1.40. The van der Waals surface area contributed by atoms with Gasteiger partial charge in [-0.05, 0) is 55.2 Å². The zero-order valence-corrected chi connectivity index (χ0v) is 16.1. The molecule has 0 bridgehead atoms. The average molecular weight is 396 g/mol. The van der Waals surface area contributed by atoms with Crippen LogP contribution in [-0.2, 0) is 19.4 Å². The predicted molar refractivity (Wildman–Crippen MR) is 107 cm³/mol. The third kappa shape index (κ3) is 4.16. The van der Waals surface area contributed by atoms with Crippen molar-refractivity contribution in [3.63, 3.8) is 0 Å². The third-order valence-corrected chi connectivity index (χ3v) is 5.27. The smallest absolute Gasteiger partial charge is 0.254 e. The van der Waals surface area contributed by atoms with Crippen molar-refractivity contribution in [3.05, 3.63) is 88.9 Å². The van der Waals surface area contributed by atoms with E-state index < -0.39 is 11.6 Å². The second-order valence-corrected chi connectivity index (χ2v) is 7.35. The lowest BCUT2D eigenvalue weighted by Crippen LogP contribution is -2.31. The molecule has 2 aromatic carbocycles. The van der Waals surface area contributed by atoms with Crippen molar-refractivity contribution in [2.24, 2.45) is 0 Å². The lowest BCUT2D eigenvalue weighted by Gasteiger charge is -2.24. The van der Waals surface area contributed by atoms with Crippen molar-refractivity contribution < 1.29 is 18.0 Å². The Morgan fingerprint density at radius 3 is 2.72 bits per heavy atom. The highest BCUT2D eigenvalue weighted by Crippen LogP contribution is 2.33. The highest BCUT2D eigenvalue weighted by Gasteiger charge is 2.27. The molecule has 4 rings (SSSR count). The summed E-state index contributed by atoms with van der Waals surface area (Å²) in [7, 11) is 0. The monoisotopic (exact) mass is 396 g/mol. The van der Waals surface area contributed by atoms with E-state index >= 15 is 0 Å². The van der Waals surface area contributed by atoms with E-state index in [0.717, 1.165) is 18.2 Å². The van der Waals surface area contributed by atoms with E-state index in [9.17, 15) is 13.6 Å². The molecule has 6 heteroatoms. The number of nitrogens with zero attached hydrogens (tertiary/aromatic N) is 1. The zero-order chi connectivity index (χ0) is 20.4. The molecule has 0 saturated carbocycles. The highest BCUT2D eigenvalue weighted by atomic mass is 19.1. The topological polar surface area (TPSA) is 45.5 Å². The maximum atomic E-state index is 13.3. The lowest BCUT2D eigenvalue weighted by atomic mass is 10.1. The van der Waals surface area contributed by atoms with Gasteiger partial charge in [-0.25, -0.2) is 8.78 Å². The lowest BCUT2D eigenvalue weighted by molar-refractivity contribution is 0.0952. The molecule has 1 N–H and O–H groups in total. The van der Waals surface area contributed by atoms with E-state index in [1.807, 2.05) is 12.1 Å². The Morgan fingerprint density at radius 2 is 1.93 bits per heavy atom. The molecule has 2 heterocycles. The number of nitrogens with one attached hydrogen (secondary N) is 1. The van der Waals surface area contributed by atoms with Gasteiger partial charge in [-0.3, -0.25) is 4.79 Å². The molecule has 1 unspecified atom stereocenters. The molecule has 0 fully saturated rings. The van der Waals surface area contributed by atoms with E-state index in [2.05, 4.69) is 29.3 Å². The first kappa shape index (κ1) is 19.2. The minimum absolute atomic E-state index is 0.259. The fraction of sp³-hybridized carbons (Fsp3) is 0.261. The molecule has 0 aliphatic carbocycles. The van der Waals surface area contributed by atoms with E-state index in [1.54, 1.807) is 6.07 Å². The number of benzene rings is 2. The first-order valence-corrected chi connectivity index (χ1v) is 9.65. The summed E-state index contributed by atoms with van der Waals surface area (Å²) in [5.74, 6) is -0.902. The summed E-state index contributed by atoms with van der Waals surface area (Å²) in [4.78, 5) is 14.9. The normalized spacial score (nSPS) is 15.4. The van der Waals surface area contributed by atoms with Crippen LogP contribution in [-0.4, -0.2) is 18.5 Å². The van der Waals surface area contributed by atoms with E-state index in [0.29, 0.717) is 35.9 Å². The molecule has 4 nitrogen and oxygen atoms in total. The van der Waals surface area contributed by atoms with E-state index in [-0.39, 0.29) is 12.5 Å². The van der Waals surface area contributed by atoms with Gasteiger partial charge in [-0.15, -0.1) is 0 Å². The van der Waals surface area contributed by atoms with Crippen LogP contribution >= 0.6 is 0 Å². The van der Waals surface area contributed by atoms with Crippen LogP contribution < -0.4 is 10.2 Å². The number of hydrogen-bond donors (Lipinski definition) is 1. The predicted octanol–water partition coefficient (Wildman–Crippen LogP) is 4.48. The maximum Gasteiger partial charge on any atom is 0.254 e. The molecule has 0 spiro atoms. The van der Waals surface area contributed by atoms with Gasteiger partial charge in [0.15, 0.2) is 0 Å². The molecule has 1 aliphatic rings. The second kappa shape index (κ2) is 8.07. The molecule has 1 atom stereocenters. The quantitative estimate of drug-likeness (QED) is 0.668. The van der Waals surface area contributed by atoms with Gasteiger partial charge in [0.2, 0.25) is 0 Å². The molecule has 0 radical (unpaired) electrons. The van der Waals surface area contributed by atoms with Gasteiger partial charge >= 0.3 is 0 Å². The standard InChI is InChI=1S/C23H22F2N2O2/c1-15-10-17-4-2-3-5-21(17)27(15)14-22-20(7-9-29-22)23(28)26-8-6-16-11-18(24)13-19(25)12-16/h2-5,7,9,11-13,15H,6,8,10,14H2,1H3,(H,26,28). The van der Waals surface area contributed by atoms with Crippen LogP contribution in [0.1, 0.15) is 34.2 Å². The number of furan rings is 1. The minimum Gasteiger partial charge on any atom is -0.467 e. The van der Waals surface area contributed by atoms with Crippen LogP contribution in [0.4, 0.5) is 14.5 Å². The van der Waals surface area contributed by atoms with Gasteiger partial charge in [-0.2, -0.15) is 0 Å². The van der Waals surface area contributed by atoms with Gasteiger partial charge in [0.25, 0.3) is 5.91 Å². The summed E-state index contributed by atoms with van der Waals surface area (Å²) in [5.41, 5.74) is 3.43. The second-order valence-electron chi connectivity index (χ2n) is 7.35. The van der Waals surface area contributed by atoms with Gasteiger partial charge in [-0.1, -0.05) is 18.2 Å². The minimum atomic E-state index is -0.622. The summed E-state index contributed by atoms with van der Waals surface area (Å²) in [6.07, 6.45) is 2.81. The first-order chi connectivity index (χ1) is 14.0. The Bertz CT molecular complexity index is 1010. The zero-order valence-electron chi connectivity index (χ0n) is 16.1. The number of carbonyl (C=O) groups is 1. The van der Waals surface area contributed by atoms with Crippen molar-refractivity contribution in [3.8, 4) is 0 Å². The Kier molecular flexibility index (Phi) is 5.34. The molecular formula is C23H22F2N2O2. The summed E-state index contributed by atoms with van der Waals surface area (Å²) in [6.45, 7) is 2.93. The molecule has 1 aromatic heterocycles. The number of amides is 1. The molecule has 3 aromatic rings. The number of hydrogen-bond acceptors (Lipinski definition) is 3. The number of para-hydroxylation sites is 1. The Hall–Kier alpha value is -3.15. The van der Waals surface area contributed by atoms with Crippen molar-refractivity contribution in [2.75, 3.05) is 11.4 Å².